The Bertz CT molecular complexity index is 626. The van der Waals surface area contributed by atoms with Gasteiger partial charge in [0, 0.05) is 38.6 Å². The van der Waals surface area contributed by atoms with Crippen molar-refractivity contribution in [2.45, 2.75) is 19.4 Å². The molecule has 1 aliphatic heterocycles. The Morgan fingerprint density at radius 2 is 1.75 bits per heavy atom. The molecule has 0 saturated carbocycles. The lowest BCUT2D eigenvalue weighted by atomic mass is 9.97. The third-order valence-electron chi connectivity index (χ3n) is 4.30. The molecule has 0 spiro atoms. The zero-order valence-corrected chi connectivity index (χ0v) is 13.7. The molecule has 2 N–H and O–H groups in total. The molecule has 6 nitrogen and oxygen atoms in total. The fourth-order valence-electron chi connectivity index (χ4n) is 2.87. The first-order valence-electron chi connectivity index (χ1n) is 8.39. The maximum absolute atomic E-state index is 11.9. The average molecular weight is 325 g/mol. The molecule has 1 aliphatic rings. The van der Waals surface area contributed by atoms with E-state index in [0.29, 0.717) is 19.0 Å². The average Bonchev–Trinajstić information content (AvgIpc) is 2.67. The zero-order valence-electron chi connectivity index (χ0n) is 13.7. The number of hydrogen-bond donors (Lipinski definition) is 2. The van der Waals surface area contributed by atoms with Gasteiger partial charge in [-0.05, 0) is 30.4 Å². The summed E-state index contributed by atoms with van der Waals surface area (Å²) in [6.07, 6.45) is 5.62. The molecule has 0 unspecified atom stereocenters. The normalized spacial score (nSPS) is 15.1. The number of rotatable bonds is 5. The number of nitrogens with one attached hydrogen (secondary N) is 2. The number of urea groups is 1. The van der Waals surface area contributed by atoms with E-state index in [1.807, 2.05) is 36.4 Å². The second-order valence-corrected chi connectivity index (χ2v) is 6.03. The highest BCUT2D eigenvalue weighted by Crippen LogP contribution is 2.19. The number of hydrogen-bond acceptors (Lipinski definition) is 4. The van der Waals surface area contributed by atoms with Crippen LogP contribution in [0.3, 0.4) is 0 Å². The minimum atomic E-state index is -0.104. The van der Waals surface area contributed by atoms with E-state index in [0.717, 1.165) is 37.4 Å². The largest absolute Gasteiger partial charge is 0.341 e. The Morgan fingerprint density at radius 3 is 2.46 bits per heavy atom. The van der Waals surface area contributed by atoms with Gasteiger partial charge in [-0.3, -0.25) is 0 Å². The lowest BCUT2D eigenvalue weighted by Gasteiger charge is -2.31. The van der Waals surface area contributed by atoms with Crippen molar-refractivity contribution in [1.82, 2.24) is 20.6 Å². The molecule has 6 heteroatoms. The number of piperidine rings is 1. The monoisotopic (exact) mass is 325 g/mol. The van der Waals surface area contributed by atoms with E-state index in [9.17, 15) is 4.79 Å². The summed E-state index contributed by atoms with van der Waals surface area (Å²) in [5, 5.41) is 5.87. The van der Waals surface area contributed by atoms with Gasteiger partial charge in [0.05, 0.1) is 0 Å². The van der Waals surface area contributed by atoms with E-state index in [1.54, 1.807) is 12.4 Å². The molecular formula is C18H23N5O. The summed E-state index contributed by atoms with van der Waals surface area (Å²) >= 11 is 0. The SMILES string of the molecule is O=C(NCc1ccccc1)NCC1CCN(c2ncccn2)CC1. The molecule has 1 fully saturated rings. The predicted octanol–water partition coefficient (Wildman–Crippen LogP) is 2.19. The molecule has 3 rings (SSSR count). The van der Waals surface area contributed by atoms with Crippen LogP contribution in [0.5, 0.6) is 0 Å². The lowest BCUT2D eigenvalue weighted by molar-refractivity contribution is 0.237. The summed E-state index contributed by atoms with van der Waals surface area (Å²) in [5.74, 6) is 1.30. The van der Waals surface area contributed by atoms with Gasteiger partial charge in [-0.25, -0.2) is 14.8 Å². The number of carbonyl (C=O) groups excluding carboxylic acids is 1. The van der Waals surface area contributed by atoms with Gasteiger partial charge in [-0.15, -0.1) is 0 Å². The van der Waals surface area contributed by atoms with Crippen LogP contribution in [-0.2, 0) is 6.54 Å². The van der Waals surface area contributed by atoms with Crippen molar-refractivity contribution in [2.24, 2.45) is 5.92 Å². The lowest BCUT2D eigenvalue weighted by Crippen LogP contribution is -2.42. The van der Waals surface area contributed by atoms with Crippen LogP contribution in [0.25, 0.3) is 0 Å². The number of anilines is 1. The first-order chi connectivity index (χ1) is 11.8. The predicted molar refractivity (Wildman–Crippen MR) is 93.6 cm³/mol. The fourth-order valence-corrected chi connectivity index (χ4v) is 2.87. The van der Waals surface area contributed by atoms with Gasteiger partial charge in [0.15, 0.2) is 0 Å². The van der Waals surface area contributed by atoms with Crippen LogP contribution >= 0.6 is 0 Å². The summed E-state index contributed by atoms with van der Waals surface area (Å²) < 4.78 is 0. The second kappa shape index (κ2) is 8.29. The summed E-state index contributed by atoms with van der Waals surface area (Å²) in [6.45, 7) is 3.13. The van der Waals surface area contributed by atoms with Gasteiger partial charge < -0.3 is 15.5 Å². The van der Waals surface area contributed by atoms with Gasteiger partial charge in [-0.2, -0.15) is 0 Å². The maximum atomic E-state index is 11.9. The van der Waals surface area contributed by atoms with Crippen molar-refractivity contribution in [3.63, 3.8) is 0 Å². The molecule has 0 bridgehead atoms. The molecule has 0 radical (unpaired) electrons. The fraction of sp³-hybridized carbons (Fsp3) is 0.389. The Labute approximate surface area is 142 Å². The third kappa shape index (κ3) is 4.68. The van der Waals surface area contributed by atoms with Crippen LogP contribution in [0.4, 0.5) is 10.7 Å². The minimum Gasteiger partial charge on any atom is -0.341 e. The van der Waals surface area contributed by atoms with Crippen LogP contribution < -0.4 is 15.5 Å². The molecule has 24 heavy (non-hydrogen) atoms. The number of carbonyl (C=O) groups is 1. The number of benzene rings is 1. The Kier molecular flexibility index (Phi) is 5.61. The number of aromatic nitrogens is 2. The number of amides is 2. The van der Waals surface area contributed by atoms with Crippen molar-refractivity contribution >= 4 is 12.0 Å². The van der Waals surface area contributed by atoms with Crippen LogP contribution in [-0.4, -0.2) is 35.6 Å². The number of nitrogens with zero attached hydrogens (tertiary/aromatic N) is 3. The molecule has 2 amide bonds. The van der Waals surface area contributed by atoms with E-state index < -0.39 is 0 Å². The molecule has 1 aromatic carbocycles. The summed E-state index contributed by atoms with van der Waals surface area (Å²) in [5.41, 5.74) is 1.10. The van der Waals surface area contributed by atoms with Gasteiger partial charge in [0.1, 0.15) is 0 Å². The highest BCUT2D eigenvalue weighted by molar-refractivity contribution is 5.73. The van der Waals surface area contributed by atoms with Crippen molar-refractivity contribution < 1.29 is 4.79 Å². The summed E-state index contributed by atoms with van der Waals surface area (Å²) in [4.78, 5) is 22.7. The molecule has 0 aliphatic carbocycles. The van der Waals surface area contributed by atoms with Crippen LogP contribution in [0.1, 0.15) is 18.4 Å². The van der Waals surface area contributed by atoms with E-state index >= 15 is 0 Å². The molecule has 126 valence electrons. The highest BCUT2D eigenvalue weighted by atomic mass is 16.2. The second-order valence-electron chi connectivity index (χ2n) is 6.03. The summed E-state index contributed by atoms with van der Waals surface area (Å²) in [7, 11) is 0. The molecular weight excluding hydrogens is 302 g/mol. The quantitative estimate of drug-likeness (QED) is 0.884. The van der Waals surface area contributed by atoms with Crippen molar-refractivity contribution in [3.05, 3.63) is 54.4 Å². The smallest absolute Gasteiger partial charge is 0.315 e. The third-order valence-corrected chi connectivity index (χ3v) is 4.30. The highest BCUT2D eigenvalue weighted by Gasteiger charge is 2.21. The van der Waals surface area contributed by atoms with Crippen LogP contribution in [0.2, 0.25) is 0 Å². The van der Waals surface area contributed by atoms with Crippen molar-refractivity contribution in [2.75, 3.05) is 24.5 Å². The Hall–Kier alpha value is -2.63. The van der Waals surface area contributed by atoms with Gasteiger partial charge in [0.25, 0.3) is 0 Å². The van der Waals surface area contributed by atoms with Gasteiger partial charge in [-0.1, -0.05) is 30.3 Å². The van der Waals surface area contributed by atoms with E-state index in [4.69, 9.17) is 0 Å². The first-order valence-corrected chi connectivity index (χ1v) is 8.39. The Balaban J connectivity index is 1.35. The van der Waals surface area contributed by atoms with Crippen LogP contribution in [0, 0.1) is 5.92 Å². The Morgan fingerprint density at radius 1 is 1.04 bits per heavy atom. The molecule has 1 saturated heterocycles. The van der Waals surface area contributed by atoms with Crippen molar-refractivity contribution in [1.29, 1.82) is 0 Å². The van der Waals surface area contributed by atoms with Crippen molar-refractivity contribution in [3.8, 4) is 0 Å². The zero-order chi connectivity index (χ0) is 16.6. The minimum absolute atomic E-state index is 0.104. The van der Waals surface area contributed by atoms with E-state index in [1.165, 1.54) is 0 Å². The van der Waals surface area contributed by atoms with Gasteiger partial charge in [0.2, 0.25) is 5.95 Å². The standard InChI is InChI=1S/C18H23N5O/c24-18(21-13-15-5-2-1-3-6-15)22-14-16-7-11-23(12-8-16)17-19-9-4-10-20-17/h1-6,9-10,16H,7-8,11-14H2,(H2,21,22,24). The van der Waals surface area contributed by atoms with Gasteiger partial charge >= 0.3 is 6.03 Å². The van der Waals surface area contributed by atoms with E-state index in [2.05, 4.69) is 25.5 Å². The van der Waals surface area contributed by atoms with E-state index in [-0.39, 0.29) is 6.03 Å². The molecule has 0 atom stereocenters. The first kappa shape index (κ1) is 16.2. The van der Waals surface area contributed by atoms with Crippen LogP contribution in [0.15, 0.2) is 48.8 Å². The molecule has 2 heterocycles. The summed E-state index contributed by atoms with van der Waals surface area (Å²) in [6, 6.07) is 11.6. The topological polar surface area (TPSA) is 70.2 Å². The molecule has 1 aromatic heterocycles. The maximum Gasteiger partial charge on any atom is 0.315 e. The molecule has 2 aromatic rings.